The number of carbonyl (C=O) groups is 1. The van der Waals surface area contributed by atoms with E-state index in [1.54, 1.807) is 6.20 Å². The third-order valence-corrected chi connectivity index (χ3v) is 4.14. The smallest absolute Gasteiger partial charge is 0.158 e. The van der Waals surface area contributed by atoms with Gasteiger partial charge in [0.2, 0.25) is 0 Å². The third-order valence-electron chi connectivity index (χ3n) is 4.14. The number of benzene rings is 2. The minimum atomic E-state index is -1.25. The molecule has 2 aromatic carbocycles. The number of Topliss-reactive ketones (excluding diaryl/α,β-unsaturated/α-hetero) is 1. The summed E-state index contributed by atoms with van der Waals surface area (Å²) in [6.45, 7) is 1.48. The maximum absolute atomic E-state index is 13.4. The number of ketones is 1. The van der Waals surface area contributed by atoms with E-state index in [0.717, 1.165) is 11.8 Å². The molecular weight excluding hydrogens is 303 g/mol. The molecule has 24 heavy (non-hydrogen) atoms. The van der Waals surface area contributed by atoms with Crippen LogP contribution in [0.15, 0.2) is 73.1 Å². The van der Waals surface area contributed by atoms with Crippen LogP contribution in [-0.4, -0.2) is 10.8 Å². The highest BCUT2D eigenvalue weighted by Crippen LogP contribution is 2.31. The Hall–Kier alpha value is -2.85. The second-order valence-electron chi connectivity index (χ2n) is 5.70. The molecule has 0 saturated carbocycles. The number of nitrogens with zero attached hydrogens (tertiary/aromatic N) is 1. The van der Waals surface area contributed by atoms with Crippen molar-refractivity contribution in [2.24, 2.45) is 5.73 Å². The number of carbonyl (C=O) groups excluding carboxylic acids is 1. The van der Waals surface area contributed by atoms with Crippen LogP contribution in [0.4, 0.5) is 4.39 Å². The fraction of sp³-hybridized carbons (Fsp3) is 0.100. The molecule has 3 aromatic rings. The van der Waals surface area contributed by atoms with Gasteiger partial charge in [-0.15, -0.1) is 0 Å². The molecule has 0 bridgehead atoms. The van der Waals surface area contributed by atoms with Crippen LogP contribution in [0.2, 0.25) is 0 Å². The zero-order valence-corrected chi connectivity index (χ0v) is 13.2. The van der Waals surface area contributed by atoms with Crippen molar-refractivity contribution in [1.82, 2.24) is 4.98 Å². The second kappa shape index (κ2) is 6.34. The van der Waals surface area contributed by atoms with E-state index in [1.165, 1.54) is 13.0 Å². The summed E-state index contributed by atoms with van der Waals surface area (Å²) in [7, 11) is 0. The first-order valence-corrected chi connectivity index (χ1v) is 7.58. The second-order valence-corrected chi connectivity index (χ2v) is 5.70. The maximum Gasteiger partial charge on any atom is 0.158 e. The first-order chi connectivity index (χ1) is 11.5. The predicted molar refractivity (Wildman–Crippen MR) is 91.7 cm³/mol. The average molecular weight is 320 g/mol. The standard InChI is InChI=1S/C20H17FN2O/c1-14(24)20(22,17-7-3-2-4-8-17)18-9-5-6-15(10-18)16-11-19(21)13-23-12-16/h2-13H,22H2,1H3. The lowest BCUT2D eigenvalue weighted by molar-refractivity contribution is -0.120. The number of nitrogens with two attached hydrogens (primary N) is 1. The highest BCUT2D eigenvalue weighted by atomic mass is 19.1. The average Bonchev–Trinajstić information content (AvgIpc) is 2.61. The van der Waals surface area contributed by atoms with Gasteiger partial charge in [-0.3, -0.25) is 9.78 Å². The molecule has 120 valence electrons. The quantitative estimate of drug-likeness (QED) is 0.798. The van der Waals surface area contributed by atoms with Crippen molar-refractivity contribution in [3.05, 3.63) is 90.0 Å². The number of hydrogen-bond acceptors (Lipinski definition) is 3. The summed E-state index contributed by atoms with van der Waals surface area (Å²) in [5.41, 5.74) is 8.03. The molecule has 2 N–H and O–H groups in total. The lowest BCUT2D eigenvalue weighted by atomic mass is 9.80. The topological polar surface area (TPSA) is 56.0 Å². The monoisotopic (exact) mass is 320 g/mol. The minimum absolute atomic E-state index is 0.164. The van der Waals surface area contributed by atoms with Gasteiger partial charge in [0.25, 0.3) is 0 Å². The Morgan fingerprint density at radius 3 is 2.33 bits per heavy atom. The molecule has 0 fully saturated rings. The van der Waals surface area contributed by atoms with Gasteiger partial charge in [0.15, 0.2) is 5.78 Å². The molecule has 3 rings (SSSR count). The fourth-order valence-corrected chi connectivity index (χ4v) is 2.79. The zero-order valence-electron chi connectivity index (χ0n) is 13.2. The largest absolute Gasteiger partial charge is 0.312 e. The van der Waals surface area contributed by atoms with Crippen molar-refractivity contribution in [1.29, 1.82) is 0 Å². The van der Waals surface area contributed by atoms with Crippen molar-refractivity contribution in [3.8, 4) is 11.1 Å². The summed E-state index contributed by atoms with van der Waals surface area (Å²) in [5, 5.41) is 0. The third kappa shape index (κ3) is 2.84. The van der Waals surface area contributed by atoms with Crippen LogP contribution in [0.1, 0.15) is 18.1 Å². The number of aromatic nitrogens is 1. The molecule has 0 aliphatic carbocycles. The van der Waals surface area contributed by atoms with E-state index in [-0.39, 0.29) is 5.78 Å². The van der Waals surface area contributed by atoms with Gasteiger partial charge in [-0.05, 0) is 35.7 Å². The molecule has 1 heterocycles. The van der Waals surface area contributed by atoms with Gasteiger partial charge >= 0.3 is 0 Å². The van der Waals surface area contributed by atoms with Crippen molar-refractivity contribution in [3.63, 3.8) is 0 Å². The Labute approximate surface area is 140 Å². The Morgan fingerprint density at radius 1 is 0.958 bits per heavy atom. The van der Waals surface area contributed by atoms with E-state index in [4.69, 9.17) is 5.73 Å². The van der Waals surface area contributed by atoms with Crippen LogP contribution in [0.25, 0.3) is 11.1 Å². The Morgan fingerprint density at radius 2 is 1.67 bits per heavy atom. The van der Waals surface area contributed by atoms with Gasteiger partial charge in [-0.1, -0.05) is 48.5 Å². The van der Waals surface area contributed by atoms with E-state index in [0.29, 0.717) is 16.7 Å². The van der Waals surface area contributed by atoms with Crippen LogP contribution in [0.5, 0.6) is 0 Å². The van der Waals surface area contributed by atoms with Gasteiger partial charge in [0.1, 0.15) is 11.4 Å². The van der Waals surface area contributed by atoms with Crippen LogP contribution >= 0.6 is 0 Å². The molecule has 1 aromatic heterocycles. The molecule has 1 atom stereocenters. The van der Waals surface area contributed by atoms with Crippen molar-refractivity contribution >= 4 is 5.78 Å². The highest BCUT2D eigenvalue weighted by molar-refractivity contribution is 5.91. The minimum Gasteiger partial charge on any atom is -0.312 e. The van der Waals surface area contributed by atoms with Gasteiger partial charge in [0, 0.05) is 11.8 Å². The molecule has 0 spiro atoms. The number of hydrogen-bond donors (Lipinski definition) is 1. The van der Waals surface area contributed by atoms with Crippen LogP contribution < -0.4 is 5.73 Å². The van der Waals surface area contributed by atoms with Gasteiger partial charge < -0.3 is 5.73 Å². The molecular formula is C20H17FN2O. The normalized spacial score (nSPS) is 13.3. The van der Waals surface area contributed by atoms with E-state index in [9.17, 15) is 9.18 Å². The van der Waals surface area contributed by atoms with Crippen molar-refractivity contribution in [2.45, 2.75) is 12.5 Å². The number of pyridine rings is 1. The molecule has 0 aliphatic heterocycles. The van der Waals surface area contributed by atoms with Crippen molar-refractivity contribution in [2.75, 3.05) is 0 Å². The summed E-state index contributed by atoms with van der Waals surface area (Å²) in [5.74, 6) is -0.574. The van der Waals surface area contributed by atoms with E-state index < -0.39 is 11.4 Å². The Bertz CT molecular complexity index is 880. The first-order valence-electron chi connectivity index (χ1n) is 7.58. The highest BCUT2D eigenvalue weighted by Gasteiger charge is 2.34. The van der Waals surface area contributed by atoms with Gasteiger partial charge in [0.05, 0.1) is 6.20 Å². The maximum atomic E-state index is 13.4. The number of halogens is 1. The summed E-state index contributed by atoms with van der Waals surface area (Å²) >= 11 is 0. The van der Waals surface area contributed by atoms with E-state index >= 15 is 0 Å². The van der Waals surface area contributed by atoms with Crippen molar-refractivity contribution < 1.29 is 9.18 Å². The lowest BCUT2D eigenvalue weighted by Gasteiger charge is -2.28. The van der Waals surface area contributed by atoms with Gasteiger partial charge in [-0.2, -0.15) is 0 Å². The van der Waals surface area contributed by atoms with Crippen LogP contribution in [0, 0.1) is 5.82 Å². The SMILES string of the molecule is CC(=O)C(N)(c1ccccc1)c1cccc(-c2cncc(F)c2)c1. The predicted octanol–water partition coefficient (Wildman–Crippen LogP) is 3.68. The lowest BCUT2D eigenvalue weighted by Crippen LogP contribution is -2.44. The molecule has 3 nitrogen and oxygen atoms in total. The van der Waals surface area contributed by atoms with Crippen LogP contribution in [-0.2, 0) is 10.3 Å². The fourth-order valence-electron chi connectivity index (χ4n) is 2.79. The molecule has 1 unspecified atom stereocenters. The molecule has 0 amide bonds. The first kappa shape index (κ1) is 16.0. The van der Waals surface area contributed by atoms with Gasteiger partial charge in [-0.25, -0.2) is 4.39 Å². The number of rotatable bonds is 4. The van der Waals surface area contributed by atoms with E-state index in [1.807, 2.05) is 54.6 Å². The summed E-state index contributed by atoms with van der Waals surface area (Å²) in [6, 6.07) is 17.9. The summed E-state index contributed by atoms with van der Waals surface area (Å²) in [4.78, 5) is 16.2. The molecule has 4 heteroatoms. The molecule has 0 radical (unpaired) electrons. The summed E-state index contributed by atoms with van der Waals surface area (Å²) < 4.78 is 13.4. The van der Waals surface area contributed by atoms with E-state index in [2.05, 4.69) is 4.98 Å². The molecule has 0 aliphatic rings. The molecule has 0 saturated heterocycles. The Balaban J connectivity index is 2.14. The Kier molecular flexibility index (Phi) is 4.23. The zero-order chi connectivity index (χ0) is 17.2. The summed E-state index contributed by atoms with van der Waals surface area (Å²) in [6.07, 6.45) is 2.73. The van der Waals surface area contributed by atoms with Crippen LogP contribution in [0.3, 0.4) is 0 Å².